The summed E-state index contributed by atoms with van der Waals surface area (Å²) in [5.41, 5.74) is 0. The van der Waals surface area contributed by atoms with Crippen molar-refractivity contribution in [1.82, 2.24) is 0 Å². The molecular formula is C12H24. The first-order chi connectivity index (χ1) is 6.11. The van der Waals surface area contributed by atoms with Gasteiger partial charge in [0.2, 0.25) is 0 Å². The second-order valence-electron chi connectivity index (χ2n) is 5.12. The van der Waals surface area contributed by atoms with Crippen LogP contribution in [0.15, 0.2) is 0 Å². The zero-order chi connectivity index (χ0) is 9.84. The predicted octanol–water partition coefficient (Wildman–Crippen LogP) is 4.10. The summed E-state index contributed by atoms with van der Waals surface area (Å²) in [6, 6.07) is 0. The molecule has 0 amide bonds. The Hall–Kier alpha value is 0. The summed E-state index contributed by atoms with van der Waals surface area (Å²) in [5, 5.41) is 0. The van der Waals surface area contributed by atoms with Crippen LogP contribution in [0, 0.1) is 23.7 Å². The van der Waals surface area contributed by atoms with Gasteiger partial charge in [-0.05, 0) is 49.4 Å². The SMILES string of the molecule is CC1CC(C)C1.[3H]CC1CC(C)C1. The van der Waals surface area contributed by atoms with Gasteiger partial charge in [0.1, 0.15) is 0 Å². The molecule has 0 N–H and O–H groups in total. The quantitative estimate of drug-likeness (QED) is 0.513. The molecule has 2 rings (SSSR count). The molecule has 0 heterocycles. The fraction of sp³-hybridized carbons (Fsp3) is 1.00. The molecule has 0 aromatic rings. The Morgan fingerprint density at radius 1 is 0.750 bits per heavy atom. The monoisotopic (exact) mass is 170 g/mol. The van der Waals surface area contributed by atoms with Gasteiger partial charge in [0, 0.05) is 1.37 Å². The largest absolute Gasteiger partial charge is 0.0625 e. The van der Waals surface area contributed by atoms with Crippen LogP contribution in [0.5, 0.6) is 0 Å². The normalized spacial score (nSPS) is 46.1. The molecule has 0 unspecified atom stereocenters. The molecule has 0 aromatic carbocycles. The second kappa shape index (κ2) is 4.30. The molecule has 2 saturated carbocycles. The second-order valence-corrected chi connectivity index (χ2v) is 5.12. The van der Waals surface area contributed by atoms with Gasteiger partial charge in [-0.1, -0.05) is 27.7 Å². The van der Waals surface area contributed by atoms with E-state index in [9.17, 15) is 0 Å². The molecule has 2 aliphatic carbocycles. The van der Waals surface area contributed by atoms with Gasteiger partial charge in [-0.25, -0.2) is 0 Å². The molecule has 0 nitrogen and oxygen atoms in total. The maximum absolute atomic E-state index is 6.95. The average molecular weight is 170 g/mol. The van der Waals surface area contributed by atoms with Gasteiger partial charge in [-0.2, -0.15) is 0 Å². The van der Waals surface area contributed by atoms with Crippen molar-refractivity contribution in [3.8, 4) is 0 Å². The van der Waals surface area contributed by atoms with Crippen molar-refractivity contribution in [3.63, 3.8) is 0 Å². The Balaban J connectivity index is 0.000000132. The Kier molecular flexibility index (Phi) is 3.08. The van der Waals surface area contributed by atoms with Gasteiger partial charge in [-0.3, -0.25) is 0 Å². The zero-order valence-electron chi connectivity index (χ0n) is 9.84. The van der Waals surface area contributed by atoms with E-state index in [0.717, 1.165) is 23.7 Å². The highest BCUT2D eigenvalue weighted by Gasteiger charge is 2.20. The Bertz CT molecular complexity index is 126. The van der Waals surface area contributed by atoms with Crippen molar-refractivity contribution in [1.29, 1.82) is 0 Å². The van der Waals surface area contributed by atoms with Crippen LogP contribution in [0.1, 0.15) is 54.7 Å². The van der Waals surface area contributed by atoms with E-state index in [1.54, 1.807) is 0 Å². The minimum absolute atomic E-state index is 0.657. The molecule has 0 bridgehead atoms. The zero-order valence-corrected chi connectivity index (χ0v) is 8.84. The van der Waals surface area contributed by atoms with E-state index < -0.39 is 0 Å². The van der Waals surface area contributed by atoms with E-state index in [-0.39, 0.29) is 0 Å². The molecule has 0 heteroatoms. The Labute approximate surface area is 79.2 Å². The van der Waals surface area contributed by atoms with Crippen LogP contribution in [0.2, 0.25) is 0 Å². The van der Waals surface area contributed by atoms with Crippen molar-refractivity contribution in [2.24, 2.45) is 23.7 Å². The standard InChI is InChI=1S/2C6H12/c2*1-5-3-6(2)4-5/h2*5-6H,3-4H2,1-2H3/i1T;. The topological polar surface area (TPSA) is 0 Å². The van der Waals surface area contributed by atoms with E-state index in [1.807, 2.05) is 0 Å². The summed E-state index contributed by atoms with van der Waals surface area (Å²) in [5.74, 6) is 3.77. The van der Waals surface area contributed by atoms with E-state index >= 15 is 0 Å². The predicted molar refractivity (Wildman–Crippen MR) is 55.1 cm³/mol. The highest BCUT2D eigenvalue weighted by molar-refractivity contribution is 4.71. The van der Waals surface area contributed by atoms with E-state index in [4.69, 9.17) is 1.37 Å². The van der Waals surface area contributed by atoms with Gasteiger partial charge in [-0.15, -0.1) is 0 Å². The van der Waals surface area contributed by atoms with Gasteiger partial charge in [0.15, 0.2) is 0 Å². The summed E-state index contributed by atoms with van der Waals surface area (Å²) in [6.45, 7) is 7.55. The highest BCUT2D eigenvalue weighted by atomic mass is 14.3. The van der Waals surface area contributed by atoms with Crippen molar-refractivity contribution in [2.75, 3.05) is 0 Å². The first kappa shape index (κ1) is 8.59. The van der Waals surface area contributed by atoms with Gasteiger partial charge < -0.3 is 0 Å². The van der Waals surface area contributed by atoms with Crippen LogP contribution in [0.25, 0.3) is 0 Å². The molecular weight excluding hydrogens is 144 g/mol. The minimum Gasteiger partial charge on any atom is -0.0625 e. The van der Waals surface area contributed by atoms with Gasteiger partial charge in [0.05, 0.1) is 0 Å². The van der Waals surface area contributed by atoms with E-state index in [0.29, 0.717) is 6.90 Å². The van der Waals surface area contributed by atoms with Crippen molar-refractivity contribution < 1.29 is 1.37 Å². The summed E-state index contributed by atoms with van der Waals surface area (Å²) < 4.78 is 6.95. The van der Waals surface area contributed by atoms with Crippen LogP contribution in [0.3, 0.4) is 0 Å². The molecule has 0 spiro atoms. The first-order valence-corrected chi connectivity index (χ1v) is 5.41. The summed E-state index contributed by atoms with van der Waals surface area (Å²) in [4.78, 5) is 0. The third kappa shape index (κ3) is 3.16. The molecule has 72 valence electrons. The number of rotatable bonds is 0. The van der Waals surface area contributed by atoms with E-state index in [1.165, 1.54) is 25.7 Å². The van der Waals surface area contributed by atoms with Gasteiger partial charge in [0.25, 0.3) is 0 Å². The van der Waals surface area contributed by atoms with Crippen LogP contribution in [0.4, 0.5) is 0 Å². The lowest BCUT2D eigenvalue weighted by Gasteiger charge is -2.28. The third-order valence-corrected chi connectivity index (χ3v) is 3.08. The molecule has 2 aliphatic rings. The average Bonchev–Trinajstić information content (AvgIpc) is 1.98. The highest BCUT2D eigenvalue weighted by Crippen LogP contribution is 2.32. The van der Waals surface area contributed by atoms with Crippen molar-refractivity contribution in [2.45, 2.75) is 53.4 Å². The minimum atomic E-state index is 0.657. The molecule has 0 radical (unpaired) electrons. The molecule has 0 aromatic heterocycles. The Morgan fingerprint density at radius 2 is 1.08 bits per heavy atom. The van der Waals surface area contributed by atoms with E-state index in [2.05, 4.69) is 20.8 Å². The summed E-state index contributed by atoms with van der Waals surface area (Å²) in [7, 11) is 0. The number of hydrogen-bond acceptors (Lipinski definition) is 0. The molecule has 0 saturated heterocycles. The van der Waals surface area contributed by atoms with Crippen molar-refractivity contribution >= 4 is 0 Å². The number of hydrogen-bond donors (Lipinski definition) is 0. The van der Waals surface area contributed by atoms with Crippen LogP contribution in [-0.2, 0) is 0 Å². The summed E-state index contributed by atoms with van der Waals surface area (Å²) in [6.07, 6.45) is 5.56. The van der Waals surface area contributed by atoms with Crippen LogP contribution in [-0.4, -0.2) is 0 Å². The van der Waals surface area contributed by atoms with Gasteiger partial charge >= 0.3 is 0 Å². The smallest absolute Gasteiger partial charge is 0.0233 e. The van der Waals surface area contributed by atoms with Crippen molar-refractivity contribution in [3.05, 3.63) is 0 Å². The summed E-state index contributed by atoms with van der Waals surface area (Å²) >= 11 is 0. The fourth-order valence-corrected chi connectivity index (χ4v) is 2.37. The maximum atomic E-state index is 6.95. The maximum Gasteiger partial charge on any atom is 0.0233 e. The molecule has 12 heavy (non-hydrogen) atoms. The van der Waals surface area contributed by atoms with Crippen LogP contribution >= 0.6 is 0 Å². The lowest BCUT2D eigenvalue weighted by atomic mass is 9.78. The Morgan fingerprint density at radius 3 is 1.17 bits per heavy atom. The lowest BCUT2D eigenvalue weighted by Crippen LogP contribution is -2.16. The molecule has 0 atom stereocenters. The third-order valence-electron chi connectivity index (χ3n) is 3.08. The molecule has 2 fully saturated rings. The molecule has 0 aliphatic heterocycles. The lowest BCUT2D eigenvalue weighted by molar-refractivity contribution is 0.233. The van der Waals surface area contributed by atoms with Crippen LogP contribution < -0.4 is 0 Å². The first-order valence-electron chi connectivity index (χ1n) is 6.11. The fourth-order valence-electron chi connectivity index (χ4n) is 2.37.